The summed E-state index contributed by atoms with van der Waals surface area (Å²) in [5.41, 5.74) is -0.682. The molecule has 0 bridgehead atoms. The highest BCUT2D eigenvalue weighted by atomic mass is 16.2. The molecule has 32 heavy (non-hydrogen) atoms. The van der Waals surface area contributed by atoms with Crippen molar-refractivity contribution < 1.29 is 28.8 Å². The highest BCUT2D eigenvalue weighted by Gasteiger charge is 2.34. The van der Waals surface area contributed by atoms with E-state index in [1.807, 2.05) is 0 Å². The monoisotopic (exact) mass is 449 g/mol. The molecule has 1 aliphatic heterocycles. The highest BCUT2D eigenvalue weighted by Crippen LogP contribution is 2.22. The maximum absolute atomic E-state index is 13.0. The first-order valence-electron chi connectivity index (χ1n) is 10.9. The average molecular weight is 450 g/mol. The van der Waals surface area contributed by atoms with Gasteiger partial charge in [-0.3, -0.25) is 33.7 Å². The normalized spacial score (nSPS) is 15.7. The predicted octanol–water partition coefficient (Wildman–Crippen LogP) is 1.16. The Bertz CT molecular complexity index is 776. The summed E-state index contributed by atoms with van der Waals surface area (Å²) in [7, 11) is 0. The standard InChI is InChI=1S/C23H35N3O6/c1-14(2)17(12-16(28)13-26-19(29)9-10-20(26)30)22(32)25-18(21(31)23(4,5)6)8-7-11-24-15(3)27/h9-10,14,17-18H,7-8,11-13H2,1-6H3,(H,24,27)(H,25,32)/t17-,18-/m0/s1. The van der Waals surface area contributed by atoms with E-state index in [4.69, 9.17) is 0 Å². The lowest BCUT2D eigenvalue weighted by molar-refractivity contribution is -0.141. The summed E-state index contributed by atoms with van der Waals surface area (Å²) in [5, 5.41) is 5.46. The molecule has 9 heteroatoms. The van der Waals surface area contributed by atoms with Gasteiger partial charge in [0.2, 0.25) is 11.8 Å². The van der Waals surface area contributed by atoms with Gasteiger partial charge >= 0.3 is 0 Å². The number of amides is 4. The van der Waals surface area contributed by atoms with E-state index >= 15 is 0 Å². The Morgan fingerprint density at radius 3 is 2.06 bits per heavy atom. The van der Waals surface area contributed by atoms with Crippen molar-refractivity contribution in [1.29, 1.82) is 0 Å². The number of ketones is 2. The van der Waals surface area contributed by atoms with Crippen molar-refractivity contribution in [2.75, 3.05) is 13.1 Å². The van der Waals surface area contributed by atoms with Gasteiger partial charge < -0.3 is 10.6 Å². The Morgan fingerprint density at radius 2 is 1.59 bits per heavy atom. The minimum Gasteiger partial charge on any atom is -0.356 e. The van der Waals surface area contributed by atoms with E-state index in [-0.39, 0.29) is 30.6 Å². The predicted molar refractivity (Wildman–Crippen MR) is 118 cm³/mol. The van der Waals surface area contributed by atoms with Crippen molar-refractivity contribution in [3.8, 4) is 0 Å². The summed E-state index contributed by atoms with van der Waals surface area (Å²) in [4.78, 5) is 73.7. The summed E-state index contributed by atoms with van der Waals surface area (Å²) < 4.78 is 0. The molecule has 0 aromatic rings. The zero-order chi connectivity index (χ0) is 24.6. The number of rotatable bonds is 12. The number of carbonyl (C=O) groups excluding carboxylic acids is 6. The first-order valence-corrected chi connectivity index (χ1v) is 10.9. The SMILES string of the molecule is CC(=O)NCCC[C@H](NC(=O)[C@@H](CC(=O)CN1C(=O)C=CC1=O)C(C)C)C(=O)C(C)(C)C. The number of carbonyl (C=O) groups is 6. The lowest BCUT2D eigenvalue weighted by Gasteiger charge is -2.28. The molecule has 0 spiro atoms. The maximum atomic E-state index is 13.0. The molecular weight excluding hydrogens is 414 g/mol. The highest BCUT2D eigenvalue weighted by molar-refractivity contribution is 6.14. The second kappa shape index (κ2) is 11.7. The fourth-order valence-electron chi connectivity index (χ4n) is 3.35. The van der Waals surface area contributed by atoms with Crippen LogP contribution in [0.15, 0.2) is 12.2 Å². The molecule has 0 radical (unpaired) electrons. The molecule has 0 aromatic heterocycles. The molecule has 1 rings (SSSR count). The number of imide groups is 1. The third kappa shape index (κ3) is 8.36. The van der Waals surface area contributed by atoms with Gasteiger partial charge in [-0.1, -0.05) is 34.6 Å². The van der Waals surface area contributed by atoms with E-state index in [0.717, 1.165) is 17.1 Å². The summed E-state index contributed by atoms with van der Waals surface area (Å²) >= 11 is 0. The van der Waals surface area contributed by atoms with Crippen molar-refractivity contribution in [2.24, 2.45) is 17.3 Å². The Morgan fingerprint density at radius 1 is 1.03 bits per heavy atom. The van der Waals surface area contributed by atoms with E-state index in [2.05, 4.69) is 10.6 Å². The molecule has 2 N–H and O–H groups in total. The van der Waals surface area contributed by atoms with Crippen LogP contribution in [0.4, 0.5) is 0 Å². The van der Waals surface area contributed by atoms with Crippen molar-refractivity contribution in [3.05, 3.63) is 12.2 Å². The van der Waals surface area contributed by atoms with Gasteiger partial charge in [-0.05, 0) is 18.8 Å². The molecule has 2 atom stereocenters. The Kier molecular flexibility index (Phi) is 9.93. The molecule has 178 valence electrons. The van der Waals surface area contributed by atoms with Gasteiger partial charge in [0.25, 0.3) is 11.8 Å². The number of hydrogen-bond acceptors (Lipinski definition) is 6. The maximum Gasteiger partial charge on any atom is 0.254 e. The first kappa shape index (κ1) is 27.2. The third-order valence-electron chi connectivity index (χ3n) is 5.24. The molecule has 0 aliphatic carbocycles. The van der Waals surface area contributed by atoms with Crippen LogP contribution >= 0.6 is 0 Å². The zero-order valence-electron chi connectivity index (χ0n) is 19.8. The van der Waals surface area contributed by atoms with Crippen LogP contribution in [0.5, 0.6) is 0 Å². The largest absolute Gasteiger partial charge is 0.356 e. The summed E-state index contributed by atoms with van der Waals surface area (Å²) in [6.07, 6.45) is 2.91. The van der Waals surface area contributed by atoms with Gasteiger partial charge in [0.15, 0.2) is 11.6 Å². The van der Waals surface area contributed by atoms with Crippen molar-refractivity contribution in [2.45, 2.75) is 66.8 Å². The molecule has 1 aliphatic rings. The van der Waals surface area contributed by atoms with Crippen LogP contribution in [-0.4, -0.2) is 59.2 Å². The minimum absolute atomic E-state index is 0.137. The van der Waals surface area contributed by atoms with Crippen molar-refractivity contribution in [3.63, 3.8) is 0 Å². The fourth-order valence-corrected chi connectivity index (χ4v) is 3.35. The molecule has 0 fully saturated rings. The first-order chi connectivity index (χ1) is 14.7. The van der Waals surface area contributed by atoms with Gasteiger partial charge in [-0.25, -0.2) is 0 Å². The van der Waals surface area contributed by atoms with E-state index in [1.54, 1.807) is 34.6 Å². The summed E-state index contributed by atoms with van der Waals surface area (Å²) in [6, 6.07) is -0.751. The summed E-state index contributed by atoms with van der Waals surface area (Å²) in [6.45, 7) is 10.3. The van der Waals surface area contributed by atoms with E-state index < -0.39 is 40.9 Å². The van der Waals surface area contributed by atoms with Crippen LogP contribution < -0.4 is 10.6 Å². The molecule has 4 amide bonds. The van der Waals surface area contributed by atoms with Crippen LogP contribution in [-0.2, 0) is 28.8 Å². The van der Waals surface area contributed by atoms with Crippen LogP contribution in [0.25, 0.3) is 0 Å². The number of nitrogens with zero attached hydrogens (tertiary/aromatic N) is 1. The Balaban J connectivity index is 2.84. The topological polar surface area (TPSA) is 130 Å². The lowest BCUT2D eigenvalue weighted by atomic mass is 9.84. The van der Waals surface area contributed by atoms with Gasteiger partial charge in [0.05, 0.1) is 12.6 Å². The second-order valence-corrected chi connectivity index (χ2v) is 9.49. The van der Waals surface area contributed by atoms with Gasteiger partial charge in [-0.15, -0.1) is 0 Å². The zero-order valence-corrected chi connectivity index (χ0v) is 19.8. The Labute approximate surface area is 189 Å². The molecule has 0 unspecified atom stereocenters. The fraction of sp³-hybridized carbons (Fsp3) is 0.652. The van der Waals surface area contributed by atoms with E-state index in [1.165, 1.54) is 6.92 Å². The van der Waals surface area contributed by atoms with Crippen LogP contribution in [0.2, 0.25) is 0 Å². The van der Waals surface area contributed by atoms with Gasteiger partial charge in [0, 0.05) is 43.4 Å². The van der Waals surface area contributed by atoms with Crippen LogP contribution in [0.3, 0.4) is 0 Å². The Hall–Kier alpha value is -2.84. The van der Waals surface area contributed by atoms with Crippen LogP contribution in [0.1, 0.15) is 60.8 Å². The van der Waals surface area contributed by atoms with Crippen molar-refractivity contribution in [1.82, 2.24) is 15.5 Å². The minimum atomic E-state index is -0.751. The van der Waals surface area contributed by atoms with E-state index in [9.17, 15) is 28.8 Å². The molecule has 0 saturated heterocycles. The lowest BCUT2D eigenvalue weighted by Crippen LogP contribution is -2.49. The average Bonchev–Trinajstić information content (AvgIpc) is 2.98. The quantitative estimate of drug-likeness (QED) is 0.340. The molecule has 0 aromatic carbocycles. The molecule has 1 heterocycles. The van der Waals surface area contributed by atoms with Gasteiger partial charge in [0.1, 0.15) is 0 Å². The van der Waals surface area contributed by atoms with Crippen molar-refractivity contribution >= 4 is 35.2 Å². The number of Topliss-reactive ketones (excluding diaryl/α,β-unsaturated/α-hetero) is 2. The summed E-state index contributed by atoms with van der Waals surface area (Å²) in [5.74, 6) is -3.16. The molecule has 9 nitrogen and oxygen atoms in total. The smallest absolute Gasteiger partial charge is 0.254 e. The molecule has 0 saturated carbocycles. The third-order valence-corrected chi connectivity index (χ3v) is 5.24. The second-order valence-electron chi connectivity index (χ2n) is 9.49. The molecular formula is C23H35N3O6. The number of nitrogens with one attached hydrogen (secondary N) is 2. The van der Waals surface area contributed by atoms with Gasteiger partial charge in [-0.2, -0.15) is 0 Å². The van der Waals surface area contributed by atoms with Crippen LogP contribution in [0, 0.1) is 17.3 Å². The number of hydrogen-bond donors (Lipinski definition) is 2. The van der Waals surface area contributed by atoms with E-state index in [0.29, 0.717) is 19.4 Å².